The first kappa shape index (κ1) is 25.3. The SMILES string of the molecule is C.C.CCC(CC)Nc1cc(Cl)cnc1N.Nc1cc(Cl)cnc1N. The number of nitrogen functional groups attached to an aromatic ring is 3. The van der Waals surface area contributed by atoms with Crippen LogP contribution in [0.1, 0.15) is 41.5 Å². The van der Waals surface area contributed by atoms with Crippen molar-refractivity contribution in [3.8, 4) is 0 Å². The van der Waals surface area contributed by atoms with Crippen molar-refractivity contribution in [3.63, 3.8) is 0 Å². The number of hydrogen-bond acceptors (Lipinski definition) is 6. The molecule has 0 aliphatic carbocycles. The highest BCUT2D eigenvalue weighted by Gasteiger charge is 2.06. The van der Waals surface area contributed by atoms with E-state index in [1.807, 2.05) is 6.07 Å². The van der Waals surface area contributed by atoms with Crippen LogP contribution in [0.25, 0.3) is 0 Å². The number of anilines is 4. The molecule has 0 aliphatic heterocycles. The van der Waals surface area contributed by atoms with Crippen molar-refractivity contribution < 1.29 is 0 Å². The van der Waals surface area contributed by atoms with E-state index in [2.05, 4.69) is 29.1 Å². The second-order valence-corrected chi connectivity index (χ2v) is 5.74. The zero-order valence-electron chi connectivity index (χ0n) is 13.2. The van der Waals surface area contributed by atoms with E-state index in [-0.39, 0.29) is 14.9 Å². The molecule has 0 radical (unpaired) electrons. The maximum absolute atomic E-state index is 5.83. The zero-order chi connectivity index (χ0) is 17.4. The summed E-state index contributed by atoms with van der Waals surface area (Å²) >= 11 is 11.3. The lowest BCUT2D eigenvalue weighted by molar-refractivity contribution is 0.672. The van der Waals surface area contributed by atoms with Gasteiger partial charge in [-0.2, -0.15) is 0 Å². The summed E-state index contributed by atoms with van der Waals surface area (Å²) in [7, 11) is 0. The van der Waals surface area contributed by atoms with E-state index in [9.17, 15) is 0 Å². The number of nitrogens with zero attached hydrogens (tertiary/aromatic N) is 2. The average Bonchev–Trinajstić information content (AvgIpc) is 2.52. The quantitative estimate of drug-likeness (QED) is 0.579. The van der Waals surface area contributed by atoms with Crippen LogP contribution in [0.2, 0.25) is 10.0 Å². The number of nitrogens with one attached hydrogen (secondary N) is 1. The number of halogens is 2. The summed E-state index contributed by atoms with van der Waals surface area (Å²) in [6.07, 6.45) is 5.12. The van der Waals surface area contributed by atoms with E-state index in [1.54, 1.807) is 12.3 Å². The third-order valence-electron chi connectivity index (χ3n) is 3.15. The molecule has 2 aromatic heterocycles. The highest BCUT2D eigenvalue weighted by atomic mass is 35.5. The second kappa shape index (κ2) is 12.4. The molecule has 7 N–H and O–H groups in total. The molecule has 142 valence electrons. The molecule has 8 heteroatoms. The molecule has 2 heterocycles. The molecular formula is C17H30Cl2N6. The van der Waals surface area contributed by atoms with E-state index in [1.165, 1.54) is 6.20 Å². The molecule has 0 bridgehead atoms. The van der Waals surface area contributed by atoms with E-state index in [0.29, 0.717) is 33.4 Å². The van der Waals surface area contributed by atoms with Crippen molar-refractivity contribution in [3.05, 3.63) is 34.6 Å². The normalized spacial score (nSPS) is 9.32. The Hall–Kier alpha value is -1.92. The third kappa shape index (κ3) is 8.65. The number of hydrogen-bond donors (Lipinski definition) is 4. The van der Waals surface area contributed by atoms with E-state index >= 15 is 0 Å². The summed E-state index contributed by atoms with van der Waals surface area (Å²) in [6, 6.07) is 3.80. The standard InChI is InChI=1S/C10H16ClN3.C5H6ClN3.2CH4/c1-3-8(4-2)14-9-5-7(11)6-13-10(9)12;6-3-1-4(7)5(8)9-2-3;;/h5-6,8,14H,3-4H2,1-2H3,(H2,12,13);1-2H,7H2,(H2,8,9);2*1H4. The van der Waals surface area contributed by atoms with Gasteiger partial charge in [-0.15, -0.1) is 0 Å². The largest absolute Gasteiger partial charge is 0.396 e. The van der Waals surface area contributed by atoms with E-state index in [4.69, 9.17) is 40.4 Å². The fourth-order valence-corrected chi connectivity index (χ4v) is 2.07. The van der Waals surface area contributed by atoms with Crippen LogP contribution in [0.5, 0.6) is 0 Å². The van der Waals surface area contributed by atoms with Crippen molar-refractivity contribution in [2.75, 3.05) is 22.5 Å². The summed E-state index contributed by atoms with van der Waals surface area (Å²) in [6.45, 7) is 4.27. The smallest absolute Gasteiger partial charge is 0.146 e. The molecule has 0 saturated carbocycles. The molecule has 0 amide bonds. The second-order valence-electron chi connectivity index (χ2n) is 4.87. The molecular weight excluding hydrogens is 359 g/mol. The van der Waals surface area contributed by atoms with Gasteiger partial charge in [0, 0.05) is 18.4 Å². The highest BCUT2D eigenvalue weighted by Crippen LogP contribution is 2.22. The van der Waals surface area contributed by atoms with Gasteiger partial charge in [0.25, 0.3) is 0 Å². The van der Waals surface area contributed by atoms with Crippen molar-refractivity contribution >= 4 is 46.2 Å². The van der Waals surface area contributed by atoms with Crippen LogP contribution in [-0.4, -0.2) is 16.0 Å². The lowest BCUT2D eigenvalue weighted by Crippen LogP contribution is -2.18. The fourth-order valence-electron chi connectivity index (χ4n) is 1.74. The monoisotopic (exact) mass is 388 g/mol. The summed E-state index contributed by atoms with van der Waals surface area (Å²) in [5, 5.41) is 4.42. The highest BCUT2D eigenvalue weighted by molar-refractivity contribution is 6.31. The Bertz CT molecular complexity index is 633. The summed E-state index contributed by atoms with van der Waals surface area (Å²) in [5.74, 6) is 0.820. The van der Waals surface area contributed by atoms with Gasteiger partial charge in [-0.1, -0.05) is 51.9 Å². The Kier molecular flexibility index (Phi) is 12.6. The van der Waals surface area contributed by atoms with Crippen LogP contribution < -0.4 is 22.5 Å². The molecule has 0 saturated heterocycles. The Labute approximate surface area is 161 Å². The van der Waals surface area contributed by atoms with Crippen LogP contribution in [0, 0.1) is 0 Å². The number of nitrogens with two attached hydrogens (primary N) is 3. The lowest BCUT2D eigenvalue weighted by atomic mass is 10.1. The third-order valence-corrected chi connectivity index (χ3v) is 3.56. The molecule has 2 aromatic rings. The zero-order valence-corrected chi connectivity index (χ0v) is 14.7. The molecule has 0 aromatic carbocycles. The number of pyridine rings is 2. The van der Waals surface area contributed by atoms with Crippen molar-refractivity contribution in [1.29, 1.82) is 0 Å². The van der Waals surface area contributed by atoms with Crippen LogP contribution in [0.15, 0.2) is 24.5 Å². The van der Waals surface area contributed by atoms with Gasteiger partial charge in [0.1, 0.15) is 11.6 Å². The molecule has 0 unspecified atom stereocenters. The Morgan fingerprint density at radius 3 is 1.84 bits per heavy atom. The van der Waals surface area contributed by atoms with Crippen LogP contribution >= 0.6 is 23.2 Å². The molecule has 2 rings (SSSR count). The first-order chi connectivity index (χ1) is 10.9. The van der Waals surface area contributed by atoms with Crippen LogP contribution in [0.4, 0.5) is 23.0 Å². The van der Waals surface area contributed by atoms with Gasteiger partial charge in [0.05, 0.1) is 21.4 Å². The first-order valence-electron chi connectivity index (χ1n) is 7.21. The minimum absolute atomic E-state index is 0. The molecule has 0 aliphatic rings. The topological polar surface area (TPSA) is 116 Å². The fraction of sp³-hybridized carbons (Fsp3) is 0.412. The summed E-state index contributed by atoms with van der Waals surface area (Å²) in [5.41, 5.74) is 17.6. The molecule has 25 heavy (non-hydrogen) atoms. The molecule has 0 spiro atoms. The molecule has 0 atom stereocenters. The minimum Gasteiger partial charge on any atom is -0.396 e. The van der Waals surface area contributed by atoms with Gasteiger partial charge in [0.15, 0.2) is 0 Å². The predicted molar refractivity (Wildman–Crippen MR) is 113 cm³/mol. The van der Waals surface area contributed by atoms with Crippen molar-refractivity contribution in [2.45, 2.75) is 47.6 Å². The van der Waals surface area contributed by atoms with Gasteiger partial charge in [-0.25, -0.2) is 9.97 Å². The first-order valence-corrected chi connectivity index (χ1v) is 7.96. The van der Waals surface area contributed by atoms with Gasteiger partial charge >= 0.3 is 0 Å². The van der Waals surface area contributed by atoms with Crippen molar-refractivity contribution in [1.82, 2.24) is 9.97 Å². The molecule has 6 nitrogen and oxygen atoms in total. The number of aromatic nitrogens is 2. The van der Waals surface area contributed by atoms with Crippen LogP contribution in [-0.2, 0) is 0 Å². The summed E-state index contributed by atoms with van der Waals surface area (Å²) in [4.78, 5) is 7.68. The Morgan fingerprint density at radius 2 is 1.40 bits per heavy atom. The number of rotatable bonds is 4. The average molecular weight is 389 g/mol. The maximum atomic E-state index is 5.83. The van der Waals surface area contributed by atoms with Gasteiger partial charge < -0.3 is 22.5 Å². The van der Waals surface area contributed by atoms with Crippen LogP contribution in [0.3, 0.4) is 0 Å². The molecule has 0 fully saturated rings. The Balaban J connectivity index is 0. The van der Waals surface area contributed by atoms with Gasteiger partial charge in [0.2, 0.25) is 0 Å². The lowest BCUT2D eigenvalue weighted by Gasteiger charge is -2.17. The Morgan fingerprint density at radius 1 is 0.920 bits per heavy atom. The maximum Gasteiger partial charge on any atom is 0.146 e. The van der Waals surface area contributed by atoms with Gasteiger partial charge in [-0.05, 0) is 25.0 Å². The minimum atomic E-state index is 0. The van der Waals surface area contributed by atoms with Gasteiger partial charge in [-0.3, -0.25) is 0 Å². The van der Waals surface area contributed by atoms with E-state index in [0.717, 1.165) is 18.5 Å². The summed E-state index contributed by atoms with van der Waals surface area (Å²) < 4.78 is 0. The van der Waals surface area contributed by atoms with E-state index < -0.39 is 0 Å². The van der Waals surface area contributed by atoms with Crippen molar-refractivity contribution in [2.24, 2.45) is 0 Å². The predicted octanol–water partition coefficient (Wildman–Crippen LogP) is 5.09.